The second kappa shape index (κ2) is 8.23. The van der Waals surface area contributed by atoms with Gasteiger partial charge in [0.1, 0.15) is 11.5 Å². The molecule has 3 amide bonds. The molecule has 2 aromatic rings. The zero-order chi connectivity index (χ0) is 19.4. The van der Waals surface area contributed by atoms with Crippen LogP contribution in [0.3, 0.4) is 0 Å². The fourth-order valence-electron chi connectivity index (χ4n) is 2.41. The first-order valence-corrected chi connectivity index (χ1v) is 9.67. The van der Waals surface area contributed by atoms with Gasteiger partial charge < -0.3 is 15.8 Å². The number of nitrogens with zero attached hydrogens (tertiary/aromatic N) is 1. The Morgan fingerprint density at radius 2 is 2.00 bits per heavy atom. The van der Waals surface area contributed by atoms with Crippen LogP contribution in [0.4, 0.5) is 10.7 Å². The number of para-hydroxylation sites is 1. The molecule has 0 atom stereocenters. The number of nitrogens with one attached hydrogen (secondary N) is 1. The number of thioether (sulfide) groups is 1. The number of carbonyl (C=O) groups excluding carboxylic acids is 4. The van der Waals surface area contributed by atoms with E-state index >= 15 is 0 Å². The molecule has 0 saturated heterocycles. The van der Waals surface area contributed by atoms with Crippen molar-refractivity contribution in [2.45, 2.75) is 4.90 Å². The average Bonchev–Trinajstić information content (AvgIpc) is 3.11. The van der Waals surface area contributed by atoms with Crippen LogP contribution in [-0.4, -0.2) is 42.6 Å². The number of nitrogens with two attached hydrogens (primary N) is 1. The highest BCUT2D eigenvalue weighted by molar-refractivity contribution is 8.00. The highest BCUT2D eigenvalue weighted by Crippen LogP contribution is 2.34. The van der Waals surface area contributed by atoms with E-state index in [4.69, 9.17) is 10.5 Å². The Kier molecular flexibility index (Phi) is 5.77. The normalized spacial score (nSPS) is 13.0. The molecule has 0 bridgehead atoms. The van der Waals surface area contributed by atoms with E-state index in [9.17, 15) is 19.2 Å². The smallest absolute Gasteiger partial charge is 0.326 e. The Bertz CT molecular complexity index is 911. The van der Waals surface area contributed by atoms with Crippen molar-refractivity contribution in [2.75, 3.05) is 29.1 Å². The molecule has 3 rings (SSSR count). The van der Waals surface area contributed by atoms with E-state index in [0.717, 1.165) is 16.2 Å². The predicted octanol–water partition coefficient (Wildman–Crippen LogP) is 1.47. The van der Waals surface area contributed by atoms with Crippen molar-refractivity contribution in [3.63, 3.8) is 0 Å². The number of ether oxygens (including phenoxy) is 1. The number of primary amides is 1. The van der Waals surface area contributed by atoms with Gasteiger partial charge in [0.2, 0.25) is 5.91 Å². The van der Waals surface area contributed by atoms with E-state index in [1.807, 2.05) is 12.1 Å². The molecule has 0 spiro atoms. The molecule has 1 aromatic heterocycles. The summed E-state index contributed by atoms with van der Waals surface area (Å²) in [5.41, 5.74) is 6.04. The van der Waals surface area contributed by atoms with Gasteiger partial charge in [0.05, 0.1) is 17.0 Å². The monoisotopic (exact) mass is 405 g/mol. The molecule has 3 N–H and O–H groups in total. The summed E-state index contributed by atoms with van der Waals surface area (Å²) in [6.45, 7) is -0.817. The van der Waals surface area contributed by atoms with Gasteiger partial charge in [0, 0.05) is 4.90 Å². The van der Waals surface area contributed by atoms with Gasteiger partial charge >= 0.3 is 5.97 Å². The number of anilines is 2. The molecule has 1 aliphatic heterocycles. The van der Waals surface area contributed by atoms with Crippen molar-refractivity contribution in [3.8, 4) is 0 Å². The van der Waals surface area contributed by atoms with Gasteiger partial charge in [-0.15, -0.1) is 23.1 Å². The van der Waals surface area contributed by atoms with Crippen molar-refractivity contribution < 1.29 is 23.9 Å². The fraction of sp³-hybridized carbons (Fsp3) is 0.176. The summed E-state index contributed by atoms with van der Waals surface area (Å²) >= 11 is 2.54. The molecule has 1 aromatic carbocycles. The summed E-state index contributed by atoms with van der Waals surface area (Å²) in [4.78, 5) is 49.6. The Hall–Kier alpha value is -2.85. The lowest BCUT2D eigenvalue weighted by Gasteiger charge is -2.27. The lowest BCUT2D eigenvalue weighted by atomic mass is 10.2. The quantitative estimate of drug-likeness (QED) is 0.703. The summed E-state index contributed by atoms with van der Waals surface area (Å²) in [6, 6.07) is 8.75. The van der Waals surface area contributed by atoms with Crippen molar-refractivity contribution in [1.82, 2.24) is 0 Å². The standard InChI is InChI=1S/C17H15N3O5S2/c18-16(24)10-5-6-26-17(10)19-13(21)8-25-15(23)7-20-11-3-1-2-4-12(11)27-9-14(20)22/h1-6H,7-9H2,(H2,18,24)(H,19,21). The summed E-state index contributed by atoms with van der Waals surface area (Å²) in [7, 11) is 0. The highest BCUT2D eigenvalue weighted by atomic mass is 32.2. The van der Waals surface area contributed by atoms with Crippen LogP contribution in [0.5, 0.6) is 0 Å². The molecule has 8 nitrogen and oxygen atoms in total. The molecule has 10 heteroatoms. The van der Waals surface area contributed by atoms with Gasteiger partial charge in [-0.2, -0.15) is 0 Å². The molecule has 140 valence electrons. The number of hydrogen-bond donors (Lipinski definition) is 2. The van der Waals surface area contributed by atoms with Crippen molar-refractivity contribution in [1.29, 1.82) is 0 Å². The highest BCUT2D eigenvalue weighted by Gasteiger charge is 2.27. The number of thiophene rings is 1. The van der Waals surface area contributed by atoms with Crippen LogP contribution >= 0.6 is 23.1 Å². The molecule has 1 aliphatic rings. The lowest BCUT2D eigenvalue weighted by Crippen LogP contribution is -2.40. The second-order valence-electron chi connectivity index (χ2n) is 5.47. The van der Waals surface area contributed by atoms with Crippen LogP contribution in [0.15, 0.2) is 40.6 Å². The minimum atomic E-state index is -0.707. The zero-order valence-corrected chi connectivity index (χ0v) is 15.6. The van der Waals surface area contributed by atoms with Gasteiger partial charge in [0.15, 0.2) is 6.61 Å². The van der Waals surface area contributed by atoms with E-state index in [2.05, 4.69) is 5.32 Å². The Morgan fingerprint density at radius 3 is 2.78 bits per heavy atom. The van der Waals surface area contributed by atoms with E-state index in [1.54, 1.807) is 17.5 Å². The molecule has 0 aliphatic carbocycles. The third-order valence-electron chi connectivity index (χ3n) is 3.64. The number of fused-ring (bicyclic) bond motifs is 1. The Morgan fingerprint density at radius 1 is 1.22 bits per heavy atom. The number of benzene rings is 1. The maximum absolute atomic E-state index is 12.1. The maximum atomic E-state index is 12.1. The van der Waals surface area contributed by atoms with Crippen LogP contribution in [0.2, 0.25) is 0 Å². The largest absolute Gasteiger partial charge is 0.454 e. The third-order valence-corrected chi connectivity index (χ3v) is 5.52. The molecular formula is C17H15N3O5S2. The average molecular weight is 405 g/mol. The topological polar surface area (TPSA) is 119 Å². The lowest BCUT2D eigenvalue weighted by molar-refractivity contribution is -0.146. The second-order valence-corrected chi connectivity index (χ2v) is 7.41. The third kappa shape index (κ3) is 4.47. The first kappa shape index (κ1) is 18.9. The number of amides is 3. The molecular weight excluding hydrogens is 390 g/mol. The van der Waals surface area contributed by atoms with E-state index in [-0.39, 0.29) is 23.8 Å². The van der Waals surface area contributed by atoms with Gasteiger partial charge in [0.25, 0.3) is 11.8 Å². The minimum absolute atomic E-state index is 0.188. The van der Waals surface area contributed by atoms with Crippen molar-refractivity contribution >= 4 is 57.5 Å². The number of rotatable bonds is 6. The van der Waals surface area contributed by atoms with Crippen LogP contribution < -0.4 is 16.0 Å². The number of carbonyl (C=O) groups is 4. The molecule has 27 heavy (non-hydrogen) atoms. The van der Waals surface area contributed by atoms with Crippen LogP contribution in [0.1, 0.15) is 10.4 Å². The summed E-state index contributed by atoms with van der Waals surface area (Å²) in [6.07, 6.45) is 0. The number of esters is 1. The zero-order valence-electron chi connectivity index (χ0n) is 14.0. The molecule has 0 unspecified atom stereocenters. The summed E-state index contributed by atoms with van der Waals surface area (Å²) in [5, 5.41) is 4.38. The maximum Gasteiger partial charge on any atom is 0.326 e. The SMILES string of the molecule is NC(=O)c1ccsc1NC(=O)COC(=O)CN1C(=O)CSc2ccccc21. The number of hydrogen-bond acceptors (Lipinski definition) is 7. The fourth-order valence-corrected chi connectivity index (χ4v) is 4.16. The molecule has 0 saturated carbocycles. The van der Waals surface area contributed by atoms with Crippen LogP contribution in [-0.2, 0) is 19.1 Å². The van der Waals surface area contributed by atoms with Crippen LogP contribution in [0.25, 0.3) is 0 Å². The van der Waals surface area contributed by atoms with Gasteiger partial charge in [-0.25, -0.2) is 0 Å². The van der Waals surface area contributed by atoms with Crippen molar-refractivity contribution in [3.05, 3.63) is 41.3 Å². The van der Waals surface area contributed by atoms with Gasteiger partial charge in [-0.05, 0) is 23.6 Å². The van der Waals surface area contributed by atoms with E-state index in [0.29, 0.717) is 10.7 Å². The first-order valence-electron chi connectivity index (χ1n) is 7.80. The molecule has 0 radical (unpaired) electrons. The molecule has 0 fully saturated rings. The van der Waals surface area contributed by atoms with Crippen LogP contribution in [0, 0.1) is 0 Å². The minimum Gasteiger partial charge on any atom is -0.454 e. The summed E-state index contributed by atoms with van der Waals surface area (Å²) in [5.74, 6) is -1.94. The van der Waals surface area contributed by atoms with Crippen molar-refractivity contribution in [2.24, 2.45) is 5.73 Å². The summed E-state index contributed by atoms with van der Waals surface area (Å²) < 4.78 is 4.96. The molecule has 2 heterocycles. The predicted molar refractivity (Wildman–Crippen MR) is 102 cm³/mol. The Balaban J connectivity index is 1.55. The van der Waals surface area contributed by atoms with Gasteiger partial charge in [-0.3, -0.25) is 24.1 Å². The van der Waals surface area contributed by atoms with E-state index < -0.39 is 24.4 Å². The van der Waals surface area contributed by atoms with Gasteiger partial charge in [-0.1, -0.05) is 12.1 Å². The van der Waals surface area contributed by atoms with E-state index in [1.165, 1.54) is 22.7 Å². The first-order chi connectivity index (χ1) is 13.0. The Labute approximate surface area is 162 Å².